The fourth-order valence-corrected chi connectivity index (χ4v) is 4.14. The van der Waals surface area contributed by atoms with E-state index < -0.39 is 5.82 Å². The molecule has 0 N–H and O–H groups in total. The van der Waals surface area contributed by atoms with Gasteiger partial charge in [-0.15, -0.1) is 0 Å². The van der Waals surface area contributed by atoms with Gasteiger partial charge < -0.3 is 4.90 Å². The van der Waals surface area contributed by atoms with Crippen LogP contribution in [0.25, 0.3) is 0 Å². The van der Waals surface area contributed by atoms with Crippen molar-refractivity contribution < 1.29 is 9.18 Å². The molecule has 0 spiro atoms. The molecule has 0 radical (unpaired) electrons. The molecule has 2 aliphatic rings. The maximum atomic E-state index is 14.0. The summed E-state index contributed by atoms with van der Waals surface area (Å²) in [5.41, 5.74) is 0.0886. The van der Waals surface area contributed by atoms with Gasteiger partial charge in [0.15, 0.2) is 0 Å². The lowest BCUT2D eigenvalue weighted by Crippen LogP contribution is -2.70. The monoisotopic (exact) mass is 333 g/mol. The molecule has 2 saturated heterocycles. The first-order valence-corrected chi connectivity index (χ1v) is 8.84. The number of rotatable bonds is 2. The van der Waals surface area contributed by atoms with Crippen LogP contribution in [0.4, 0.5) is 4.39 Å². The average molecular weight is 333 g/mol. The summed E-state index contributed by atoms with van der Waals surface area (Å²) in [6.07, 6.45) is 0. The molecule has 24 heavy (non-hydrogen) atoms. The minimum atomic E-state index is -0.435. The van der Waals surface area contributed by atoms with E-state index in [2.05, 4.69) is 37.5 Å². The predicted molar refractivity (Wildman–Crippen MR) is 93.6 cm³/mol. The molecule has 2 aliphatic heterocycles. The van der Waals surface area contributed by atoms with E-state index in [1.54, 1.807) is 18.2 Å². The smallest absolute Gasteiger partial charge is 0.256 e. The van der Waals surface area contributed by atoms with Crippen molar-refractivity contribution in [1.82, 2.24) is 14.7 Å². The fourth-order valence-electron chi connectivity index (χ4n) is 4.14. The summed E-state index contributed by atoms with van der Waals surface area (Å²) in [7, 11) is 0. The summed E-state index contributed by atoms with van der Waals surface area (Å²) in [6.45, 7) is 13.2. The van der Waals surface area contributed by atoms with Crippen molar-refractivity contribution in [1.29, 1.82) is 0 Å². The van der Waals surface area contributed by atoms with Gasteiger partial charge in [0.1, 0.15) is 5.82 Å². The van der Waals surface area contributed by atoms with E-state index >= 15 is 0 Å². The minimum Gasteiger partial charge on any atom is -0.335 e. The molecule has 0 saturated carbocycles. The van der Waals surface area contributed by atoms with Gasteiger partial charge in [-0.2, -0.15) is 0 Å². The number of carbonyl (C=O) groups is 1. The summed E-state index contributed by atoms with van der Waals surface area (Å²) in [5, 5.41) is 0. The number of fused-ring (bicyclic) bond motifs is 1. The Balaban J connectivity index is 1.81. The van der Waals surface area contributed by atoms with Crippen molar-refractivity contribution in [3.63, 3.8) is 0 Å². The highest BCUT2D eigenvalue weighted by molar-refractivity contribution is 5.94. The third kappa shape index (κ3) is 3.20. The third-order valence-electron chi connectivity index (χ3n) is 5.42. The lowest BCUT2D eigenvalue weighted by molar-refractivity contribution is -0.0617. The van der Waals surface area contributed by atoms with Crippen LogP contribution in [0.5, 0.6) is 0 Å². The molecular formula is C19H28FN3O. The van der Waals surface area contributed by atoms with Crippen molar-refractivity contribution in [2.75, 3.05) is 32.7 Å². The van der Waals surface area contributed by atoms with Gasteiger partial charge in [-0.05, 0) is 39.8 Å². The largest absolute Gasteiger partial charge is 0.335 e. The lowest BCUT2D eigenvalue weighted by atomic mass is 9.92. The number of hydrogen-bond donors (Lipinski definition) is 0. The molecule has 1 aromatic rings. The van der Waals surface area contributed by atoms with Crippen molar-refractivity contribution in [2.45, 2.75) is 45.3 Å². The van der Waals surface area contributed by atoms with E-state index in [1.165, 1.54) is 6.07 Å². The number of carbonyl (C=O) groups excluding carboxylic acids is 1. The van der Waals surface area contributed by atoms with Crippen LogP contribution in [-0.2, 0) is 0 Å². The molecule has 1 atom stereocenters. The fraction of sp³-hybridized carbons (Fsp3) is 0.632. The number of benzene rings is 1. The second-order valence-corrected chi connectivity index (χ2v) is 7.91. The van der Waals surface area contributed by atoms with Crippen LogP contribution in [0.2, 0.25) is 0 Å². The van der Waals surface area contributed by atoms with Crippen LogP contribution in [0.3, 0.4) is 0 Å². The van der Waals surface area contributed by atoms with Gasteiger partial charge in [0, 0.05) is 50.3 Å². The first-order chi connectivity index (χ1) is 11.3. The Morgan fingerprint density at radius 2 is 1.92 bits per heavy atom. The van der Waals surface area contributed by atoms with E-state index in [0.29, 0.717) is 25.2 Å². The molecule has 3 rings (SSSR count). The van der Waals surface area contributed by atoms with Gasteiger partial charge in [0.2, 0.25) is 0 Å². The van der Waals surface area contributed by atoms with Crippen LogP contribution in [0.15, 0.2) is 24.3 Å². The second kappa shape index (κ2) is 6.45. The van der Waals surface area contributed by atoms with Crippen LogP contribution in [-0.4, -0.2) is 71.0 Å². The Labute approximate surface area is 144 Å². The molecule has 5 heteroatoms. The van der Waals surface area contributed by atoms with E-state index in [0.717, 1.165) is 19.6 Å². The summed E-state index contributed by atoms with van der Waals surface area (Å²) in [5.74, 6) is -0.627. The quantitative estimate of drug-likeness (QED) is 0.832. The topological polar surface area (TPSA) is 26.8 Å². The highest BCUT2D eigenvalue weighted by Gasteiger charge is 2.44. The summed E-state index contributed by atoms with van der Waals surface area (Å²) < 4.78 is 14.0. The van der Waals surface area contributed by atoms with Crippen LogP contribution in [0.1, 0.15) is 38.1 Å². The number of amides is 1. The molecule has 1 aromatic carbocycles. The molecule has 0 bridgehead atoms. The standard InChI is InChI=1S/C19H28FN3O/c1-14(2)21-9-10-23-15(11-21)12-22(13-19(23,3)4)18(24)16-7-5-6-8-17(16)20/h5-8,14-15H,9-13H2,1-4H3/t15-/m0/s1. The van der Waals surface area contributed by atoms with Gasteiger partial charge in [-0.1, -0.05) is 12.1 Å². The lowest BCUT2D eigenvalue weighted by Gasteiger charge is -2.56. The van der Waals surface area contributed by atoms with Gasteiger partial charge in [0.05, 0.1) is 5.56 Å². The first-order valence-electron chi connectivity index (χ1n) is 8.84. The number of piperazine rings is 2. The molecule has 0 aliphatic carbocycles. The van der Waals surface area contributed by atoms with Crippen LogP contribution in [0, 0.1) is 5.82 Å². The molecular weight excluding hydrogens is 305 g/mol. The van der Waals surface area contributed by atoms with E-state index in [9.17, 15) is 9.18 Å². The average Bonchev–Trinajstić information content (AvgIpc) is 2.53. The molecule has 0 unspecified atom stereocenters. The van der Waals surface area contributed by atoms with Gasteiger partial charge in [0.25, 0.3) is 5.91 Å². The molecule has 2 heterocycles. The summed E-state index contributed by atoms with van der Waals surface area (Å²) in [6, 6.07) is 7.09. The Hall–Kier alpha value is -1.46. The summed E-state index contributed by atoms with van der Waals surface area (Å²) in [4.78, 5) is 19.7. The Bertz CT molecular complexity index is 616. The Morgan fingerprint density at radius 3 is 2.58 bits per heavy atom. The zero-order valence-corrected chi connectivity index (χ0v) is 15.1. The second-order valence-electron chi connectivity index (χ2n) is 7.91. The van der Waals surface area contributed by atoms with Gasteiger partial charge in [-0.25, -0.2) is 4.39 Å². The van der Waals surface area contributed by atoms with Crippen LogP contribution >= 0.6 is 0 Å². The summed E-state index contributed by atoms with van der Waals surface area (Å²) >= 11 is 0. The molecule has 4 nitrogen and oxygen atoms in total. The minimum absolute atomic E-state index is 0.0904. The first kappa shape index (κ1) is 17.4. The molecule has 1 amide bonds. The third-order valence-corrected chi connectivity index (χ3v) is 5.42. The highest BCUT2D eigenvalue weighted by atomic mass is 19.1. The van der Waals surface area contributed by atoms with Crippen molar-refractivity contribution >= 4 is 5.91 Å². The van der Waals surface area contributed by atoms with Gasteiger partial charge >= 0.3 is 0 Å². The SMILES string of the molecule is CC(C)N1CCN2[C@H](CN(C(=O)c3ccccc3F)CC2(C)C)C1. The van der Waals surface area contributed by atoms with Crippen molar-refractivity contribution in [3.05, 3.63) is 35.6 Å². The van der Waals surface area contributed by atoms with E-state index in [-0.39, 0.29) is 17.0 Å². The highest BCUT2D eigenvalue weighted by Crippen LogP contribution is 2.29. The van der Waals surface area contributed by atoms with Crippen molar-refractivity contribution in [3.8, 4) is 0 Å². The number of hydrogen-bond acceptors (Lipinski definition) is 3. The van der Waals surface area contributed by atoms with Gasteiger partial charge in [-0.3, -0.25) is 14.6 Å². The van der Waals surface area contributed by atoms with E-state index in [1.807, 2.05) is 4.90 Å². The number of nitrogens with zero attached hydrogens (tertiary/aromatic N) is 3. The molecule has 2 fully saturated rings. The van der Waals surface area contributed by atoms with Crippen LogP contribution < -0.4 is 0 Å². The van der Waals surface area contributed by atoms with Crippen molar-refractivity contribution in [2.24, 2.45) is 0 Å². The Morgan fingerprint density at radius 1 is 1.21 bits per heavy atom. The predicted octanol–water partition coefficient (Wildman–Crippen LogP) is 2.45. The maximum absolute atomic E-state index is 14.0. The molecule has 132 valence electrons. The zero-order valence-electron chi connectivity index (χ0n) is 15.1. The number of halogens is 1. The normalized spacial score (nSPS) is 24.9. The molecule has 0 aromatic heterocycles. The van der Waals surface area contributed by atoms with E-state index in [4.69, 9.17) is 0 Å². The zero-order chi connectivity index (χ0) is 17.5. The Kier molecular flexibility index (Phi) is 4.67. The maximum Gasteiger partial charge on any atom is 0.256 e.